The second kappa shape index (κ2) is 25.4. The molecule has 1 aliphatic rings. The van der Waals surface area contributed by atoms with Gasteiger partial charge in [0.2, 0.25) is 0 Å². The number of benzene rings is 15. The van der Waals surface area contributed by atoms with Crippen molar-refractivity contribution in [2.24, 2.45) is 0 Å². The maximum atomic E-state index is 9.25. The van der Waals surface area contributed by atoms with E-state index in [1.54, 1.807) is 28.7 Å². The highest BCUT2D eigenvalue weighted by molar-refractivity contribution is 7.26. The molecule has 7 heterocycles. The molecule has 0 N–H and O–H groups in total. The Kier molecular flexibility index (Phi) is 12.7. The lowest BCUT2D eigenvalue weighted by atomic mass is 9.82. The van der Waals surface area contributed by atoms with Crippen molar-refractivity contribution in [1.29, 1.82) is 0 Å². The molecular formula is C100H65N9S2. The summed E-state index contributed by atoms with van der Waals surface area (Å²) in [6.07, 6.45) is 0. The molecule has 9 nitrogen and oxygen atoms in total. The molecule has 522 valence electrons. The molecule has 15 aromatic carbocycles. The van der Waals surface area contributed by atoms with Gasteiger partial charge < -0.3 is 13.7 Å². The fourth-order valence-electron chi connectivity index (χ4n) is 16.7. The van der Waals surface area contributed by atoms with Gasteiger partial charge in [-0.05, 0) is 114 Å². The van der Waals surface area contributed by atoms with Crippen LogP contribution in [0.25, 0.3) is 202 Å². The van der Waals surface area contributed by atoms with E-state index in [0.29, 0.717) is 75.1 Å². The lowest BCUT2D eigenvalue weighted by molar-refractivity contribution is 0.661. The van der Waals surface area contributed by atoms with Gasteiger partial charge in [-0.25, -0.2) is 29.9 Å². The SMILES string of the molecule is [2H]c1cc([2H])c2c(c1)c1c3c4cc([2H])cc(C)c4n(-c4cccc5sc6cc(-c7nc(-c8ccccc8)nc(-c8ccccc8)n7)ccc6c45)c3ccc1n2-c1ccccc1.[2H]c1cc([2H])c2c(c1[2H])-c1cc3c(cc1C2(C)C)c1c([2H])c([2H])cc([2H])c1n3-c1cccc2c1sc1cc(-c3nc(-c4ccccc4)nc(-c4ccccc4)n3)ccc12. The Hall–Kier alpha value is -13.8. The molecule has 11 heteroatoms. The molecule has 22 aromatic rings. The van der Waals surface area contributed by atoms with E-state index in [0.717, 1.165) is 162 Å². The number of hydrogen-bond acceptors (Lipinski definition) is 8. The van der Waals surface area contributed by atoms with Crippen molar-refractivity contribution in [3.05, 3.63) is 356 Å². The van der Waals surface area contributed by atoms with E-state index >= 15 is 0 Å². The summed E-state index contributed by atoms with van der Waals surface area (Å²) in [4.78, 5) is 29.8. The van der Waals surface area contributed by atoms with Gasteiger partial charge in [0.1, 0.15) is 0 Å². The molecule has 7 aromatic heterocycles. The largest absolute Gasteiger partial charge is 0.309 e. The van der Waals surface area contributed by atoms with Crippen molar-refractivity contribution >= 4 is 128 Å². The summed E-state index contributed by atoms with van der Waals surface area (Å²) in [6, 6.07) is 95.6. The summed E-state index contributed by atoms with van der Waals surface area (Å²) >= 11 is 3.38. The van der Waals surface area contributed by atoms with Crippen LogP contribution >= 0.6 is 22.7 Å². The van der Waals surface area contributed by atoms with Gasteiger partial charge in [0, 0.05) is 112 Å². The van der Waals surface area contributed by atoms with Gasteiger partial charge in [-0.3, -0.25) is 0 Å². The van der Waals surface area contributed by atoms with Crippen molar-refractivity contribution in [3.8, 4) is 96.5 Å². The Morgan fingerprint density at radius 3 is 1.46 bits per heavy atom. The summed E-state index contributed by atoms with van der Waals surface area (Å²) in [5, 5.41) is 9.40. The second-order valence-electron chi connectivity index (χ2n) is 28.6. The Bertz CT molecular complexity index is 8010. The standard InChI is InChI=1S/C52H33N5S.C48H32N4S/c1-32-15-13-23-39-48-43(30-29-42-47(48)37-22-11-12-24-40(37)56(42)36-20-9-4-10-21-36)57(49(32)39)41-25-14-26-44-46(41)38-28-27-35(31-45(38)58-44)52-54-50(33-16-5-2-6-17-33)53-51(55-52)34-18-7-3-8-19-34;1-48(2)38-21-11-9-18-32(38)36-28-42-37(27-39(36)48)33-19-10-12-22-40(33)52(42)41-23-13-20-35-34-25-24-31(26-43(34)53-44(35)41)47-50-45(29-14-5-3-6-15-29)49-46(51-47)30-16-7-4-8-17-30/h2-31H,1H3;3-28H,1-2H3/i11D,13D,24D;9D,10D,18D,19D,21D,22D. The first-order valence-electron chi connectivity index (χ1n) is 41.3. The Labute approximate surface area is 659 Å². The zero-order valence-corrected chi connectivity index (χ0v) is 61.6. The molecule has 0 aliphatic heterocycles. The first-order chi connectivity index (χ1) is 58.4. The average molecular weight is 1470 g/mol. The quantitative estimate of drug-likeness (QED) is 0.143. The van der Waals surface area contributed by atoms with Gasteiger partial charge in [-0.1, -0.05) is 275 Å². The lowest BCUT2D eigenvalue weighted by Crippen LogP contribution is -2.14. The number of para-hydroxylation sites is 4. The number of thiophene rings is 2. The first-order valence-corrected chi connectivity index (χ1v) is 38.4. The van der Waals surface area contributed by atoms with Crippen LogP contribution in [0.1, 0.15) is 42.9 Å². The van der Waals surface area contributed by atoms with Crippen molar-refractivity contribution in [2.75, 3.05) is 0 Å². The van der Waals surface area contributed by atoms with Crippen LogP contribution in [0.15, 0.2) is 340 Å². The van der Waals surface area contributed by atoms with Crippen LogP contribution in [0.5, 0.6) is 0 Å². The molecule has 111 heavy (non-hydrogen) atoms. The third-order valence-corrected chi connectivity index (χ3v) is 24.1. The summed E-state index contributed by atoms with van der Waals surface area (Å²) in [7, 11) is 0. The summed E-state index contributed by atoms with van der Waals surface area (Å²) in [6.45, 7) is 6.15. The minimum atomic E-state index is -0.649. The van der Waals surface area contributed by atoms with E-state index in [1.807, 2.05) is 206 Å². The third kappa shape index (κ3) is 10.3. The van der Waals surface area contributed by atoms with Crippen molar-refractivity contribution < 1.29 is 12.3 Å². The predicted molar refractivity (Wildman–Crippen MR) is 463 cm³/mol. The molecule has 0 atom stereocenters. The van der Waals surface area contributed by atoms with Gasteiger partial charge in [-0.15, -0.1) is 22.7 Å². The van der Waals surface area contributed by atoms with Crippen LogP contribution in [0, 0.1) is 6.92 Å². The molecule has 0 spiro atoms. The lowest BCUT2D eigenvalue weighted by Gasteiger charge is -2.21. The van der Waals surface area contributed by atoms with E-state index in [-0.39, 0.29) is 36.3 Å². The summed E-state index contributed by atoms with van der Waals surface area (Å²) < 4.78 is 91.1. The van der Waals surface area contributed by atoms with E-state index in [1.165, 1.54) is 12.1 Å². The van der Waals surface area contributed by atoms with Gasteiger partial charge >= 0.3 is 0 Å². The number of rotatable bonds is 9. The summed E-state index contributed by atoms with van der Waals surface area (Å²) in [5.74, 6) is 3.60. The van der Waals surface area contributed by atoms with E-state index in [2.05, 4.69) is 94.9 Å². The third-order valence-electron chi connectivity index (χ3n) is 21.8. The van der Waals surface area contributed by atoms with Gasteiger partial charge in [0.25, 0.3) is 0 Å². The van der Waals surface area contributed by atoms with Gasteiger partial charge in [-0.2, -0.15) is 0 Å². The molecular weight excluding hydrogens is 1390 g/mol. The molecule has 0 fully saturated rings. The molecule has 0 amide bonds. The Balaban J connectivity index is 0.000000144. The molecule has 23 rings (SSSR count). The van der Waals surface area contributed by atoms with Crippen LogP contribution in [0.4, 0.5) is 0 Å². The van der Waals surface area contributed by atoms with Crippen LogP contribution in [0.2, 0.25) is 0 Å². The molecule has 1 aliphatic carbocycles. The number of aromatic nitrogens is 9. The number of hydrogen-bond donors (Lipinski definition) is 0. The Morgan fingerprint density at radius 2 is 0.820 bits per heavy atom. The molecule has 0 radical (unpaired) electrons. The predicted octanol–water partition coefficient (Wildman–Crippen LogP) is 26.4. The fraction of sp³-hybridized carbons (Fsp3) is 0.0400. The minimum absolute atomic E-state index is 0.00191. The highest BCUT2D eigenvalue weighted by atomic mass is 32.1. The number of nitrogens with zero attached hydrogens (tertiary/aromatic N) is 9. The molecule has 0 saturated heterocycles. The maximum absolute atomic E-state index is 9.25. The van der Waals surface area contributed by atoms with Crippen molar-refractivity contribution in [2.45, 2.75) is 26.2 Å². The van der Waals surface area contributed by atoms with E-state index in [9.17, 15) is 2.74 Å². The van der Waals surface area contributed by atoms with Crippen LogP contribution in [-0.4, -0.2) is 43.6 Å². The average Bonchev–Trinajstić information content (AvgIpc) is 1.52. The van der Waals surface area contributed by atoms with Crippen LogP contribution in [-0.2, 0) is 5.41 Å². The highest BCUT2D eigenvalue weighted by Gasteiger charge is 2.36. The normalized spacial score (nSPS) is 13.7. The van der Waals surface area contributed by atoms with Crippen molar-refractivity contribution in [1.82, 2.24) is 43.6 Å². The first kappa shape index (κ1) is 55.6. The molecule has 0 unspecified atom stereocenters. The highest BCUT2D eigenvalue weighted by Crippen LogP contribution is 2.53. The zero-order chi connectivity index (χ0) is 81.4. The molecule has 0 bridgehead atoms. The van der Waals surface area contributed by atoms with E-state index < -0.39 is 5.41 Å². The molecule has 0 saturated carbocycles. The minimum Gasteiger partial charge on any atom is -0.309 e. The number of aryl methyl sites for hydroxylation is 1. The van der Waals surface area contributed by atoms with Crippen LogP contribution < -0.4 is 0 Å². The number of fused-ring (bicyclic) bond motifs is 19. The van der Waals surface area contributed by atoms with Gasteiger partial charge in [0.15, 0.2) is 34.9 Å². The summed E-state index contributed by atoms with van der Waals surface area (Å²) in [5.41, 5.74) is 16.5. The van der Waals surface area contributed by atoms with Crippen LogP contribution in [0.3, 0.4) is 0 Å². The van der Waals surface area contributed by atoms with Gasteiger partial charge in [0.05, 0.1) is 61.5 Å². The Morgan fingerprint density at radius 1 is 0.297 bits per heavy atom. The fourth-order valence-corrected chi connectivity index (χ4v) is 19.2. The topological polar surface area (TPSA) is 92.1 Å². The monoisotopic (exact) mass is 1460 g/mol. The second-order valence-corrected chi connectivity index (χ2v) is 30.7. The van der Waals surface area contributed by atoms with E-state index in [4.69, 9.17) is 39.5 Å². The maximum Gasteiger partial charge on any atom is 0.164 e. The van der Waals surface area contributed by atoms with Crippen molar-refractivity contribution in [3.63, 3.8) is 0 Å². The smallest absolute Gasteiger partial charge is 0.164 e. The zero-order valence-electron chi connectivity index (χ0n) is 69.0.